The molecule has 3 fully saturated rings. The van der Waals surface area contributed by atoms with Crippen LogP contribution in [0.25, 0.3) is 0 Å². The van der Waals surface area contributed by atoms with Crippen LogP contribution in [0.3, 0.4) is 0 Å². The molecule has 26 heavy (non-hydrogen) atoms. The lowest BCUT2D eigenvalue weighted by atomic mass is 9.78. The molecule has 1 aliphatic carbocycles. The molecular formula is C21H31N3O2. The molecule has 0 unspecified atom stereocenters. The van der Waals surface area contributed by atoms with Gasteiger partial charge in [-0.15, -0.1) is 0 Å². The molecule has 3 aliphatic rings. The molecule has 1 saturated carbocycles. The highest BCUT2D eigenvalue weighted by Crippen LogP contribution is 2.40. The van der Waals surface area contributed by atoms with Gasteiger partial charge in [0, 0.05) is 43.7 Å². The third-order valence-corrected chi connectivity index (χ3v) is 6.76. The van der Waals surface area contributed by atoms with Gasteiger partial charge in [-0.05, 0) is 44.6 Å². The van der Waals surface area contributed by atoms with Gasteiger partial charge in [0.1, 0.15) is 0 Å². The van der Waals surface area contributed by atoms with E-state index in [-0.39, 0.29) is 11.3 Å². The third kappa shape index (κ3) is 3.88. The zero-order valence-corrected chi connectivity index (χ0v) is 15.7. The van der Waals surface area contributed by atoms with Gasteiger partial charge in [0.25, 0.3) is 5.91 Å². The van der Waals surface area contributed by atoms with Crippen LogP contribution in [0.2, 0.25) is 0 Å². The second-order valence-electron chi connectivity index (χ2n) is 8.77. The minimum Gasteiger partial charge on any atom is -0.619 e. The van der Waals surface area contributed by atoms with E-state index < -0.39 is 0 Å². The summed E-state index contributed by atoms with van der Waals surface area (Å²) in [7, 11) is 0. The van der Waals surface area contributed by atoms with E-state index >= 15 is 0 Å². The Morgan fingerprint density at radius 1 is 1.08 bits per heavy atom. The third-order valence-electron chi connectivity index (χ3n) is 6.76. The Morgan fingerprint density at radius 2 is 1.85 bits per heavy atom. The van der Waals surface area contributed by atoms with E-state index in [1.807, 2.05) is 4.90 Å². The van der Waals surface area contributed by atoms with Gasteiger partial charge in [-0.25, -0.2) is 0 Å². The molecule has 2 aliphatic heterocycles. The first-order valence-corrected chi connectivity index (χ1v) is 10.3. The van der Waals surface area contributed by atoms with Gasteiger partial charge in [-0.1, -0.05) is 19.3 Å². The topological polar surface area (TPSA) is 50.5 Å². The van der Waals surface area contributed by atoms with Crippen molar-refractivity contribution in [3.8, 4) is 0 Å². The summed E-state index contributed by atoms with van der Waals surface area (Å²) < 4.78 is 0.729. The van der Waals surface area contributed by atoms with Crippen molar-refractivity contribution in [1.82, 2.24) is 9.80 Å². The molecule has 2 saturated heterocycles. The molecule has 1 spiro atoms. The average Bonchev–Trinajstić information content (AvgIpc) is 3.06. The van der Waals surface area contributed by atoms with Crippen LogP contribution in [0.15, 0.2) is 24.5 Å². The average molecular weight is 357 g/mol. The maximum Gasteiger partial charge on any atom is 0.254 e. The fraction of sp³-hybridized carbons (Fsp3) is 0.714. The summed E-state index contributed by atoms with van der Waals surface area (Å²) in [6.45, 7) is 5.37. The summed E-state index contributed by atoms with van der Waals surface area (Å²) in [5, 5.41) is 11.2. The van der Waals surface area contributed by atoms with Crippen LogP contribution in [-0.2, 0) is 0 Å². The molecule has 1 aromatic heterocycles. The summed E-state index contributed by atoms with van der Waals surface area (Å²) >= 11 is 0. The minimum atomic E-state index is 0.0758. The first-order chi connectivity index (χ1) is 12.6. The molecule has 5 nitrogen and oxygen atoms in total. The molecule has 5 heteroatoms. The van der Waals surface area contributed by atoms with Crippen LogP contribution in [0.1, 0.15) is 61.7 Å². The smallest absolute Gasteiger partial charge is 0.254 e. The van der Waals surface area contributed by atoms with Crippen LogP contribution in [-0.4, -0.2) is 48.4 Å². The second kappa shape index (κ2) is 7.55. The number of aromatic nitrogens is 1. The highest BCUT2D eigenvalue weighted by atomic mass is 16.5. The first kappa shape index (κ1) is 17.8. The molecule has 1 atom stereocenters. The Hall–Kier alpha value is -1.62. The summed E-state index contributed by atoms with van der Waals surface area (Å²) in [5.74, 6) is 0.966. The van der Waals surface area contributed by atoms with Gasteiger partial charge in [0.05, 0.1) is 5.56 Å². The summed E-state index contributed by atoms with van der Waals surface area (Å²) in [6.07, 6.45) is 13.5. The highest BCUT2D eigenvalue weighted by Gasteiger charge is 2.43. The quantitative estimate of drug-likeness (QED) is 0.617. The van der Waals surface area contributed by atoms with Crippen LogP contribution >= 0.6 is 0 Å². The summed E-state index contributed by atoms with van der Waals surface area (Å²) in [5.41, 5.74) is 0.916. The molecule has 0 bridgehead atoms. The Kier molecular flexibility index (Phi) is 5.16. The lowest BCUT2D eigenvalue weighted by Gasteiger charge is -2.42. The number of likely N-dealkylation sites (tertiary alicyclic amines) is 2. The van der Waals surface area contributed by atoms with E-state index in [0.717, 1.165) is 36.7 Å². The number of piperidine rings is 1. The lowest BCUT2D eigenvalue weighted by molar-refractivity contribution is -0.605. The number of carbonyl (C=O) groups is 1. The van der Waals surface area contributed by atoms with Gasteiger partial charge in [-0.2, -0.15) is 4.73 Å². The predicted octanol–water partition coefficient (Wildman–Crippen LogP) is 2.83. The second-order valence-corrected chi connectivity index (χ2v) is 8.77. The van der Waals surface area contributed by atoms with Crippen molar-refractivity contribution in [3.05, 3.63) is 35.3 Å². The Balaban J connectivity index is 1.36. The van der Waals surface area contributed by atoms with Crippen molar-refractivity contribution in [1.29, 1.82) is 0 Å². The van der Waals surface area contributed by atoms with E-state index in [4.69, 9.17) is 0 Å². The summed E-state index contributed by atoms with van der Waals surface area (Å²) in [4.78, 5) is 17.5. The van der Waals surface area contributed by atoms with E-state index in [9.17, 15) is 10.0 Å². The number of carbonyl (C=O) groups excluding carboxylic acids is 1. The van der Waals surface area contributed by atoms with Crippen LogP contribution in [0.5, 0.6) is 0 Å². The number of hydrogen-bond donors (Lipinski definition) is 0. The fourth-order valence-corrected chi connectivity index (χ4v) is 5.38. The maximum atomic E-state index is 12.8. The van der Waals surface area contributed by atoms with Crippen molar-refractivity contribution in [2.75, 3.05) is 32.7 Å². The molecule has 142 valence electrons. The standard InChI is InChI=1S/C21H31N3O2/c25-20(19-7-12-24(26)13-8-19)23-14-10-21(17-23)9-4-11-22(16-21)15-18-5-2-1-3-6-18/h7-8,12-13,18H,1-6,9-11,14-17H2/t21-/m0/s1. The number of rotatable bonds is 3. The first-order valence-electron chi connectivity index (χ1n) is 10.3. The Labute approximate surface area is 156 Å². The Morgan fingerprint density at radius 3 is 2.62 bits per heavy atom. The molecule has 0 radical (unpaired) electrons. The molecule has 0 aromatic carbocycles. The largest absolute Gasteiger partial charge is 0.619 e. The molecule has 1 amide bonds. The van der Waals surface area contributed by atoms with Crippen LogP contribution in [0.4, 0.5) is 0 Å². The van der Waals surface area contributed by atoms with Gasteiger partial charge >= 0.3 is 0 Å². The van der Waals surface area contributed by atoms with E-state index in [1.165, 1.54) is 70.4 Å². The number of pyridine rings is 1. The van der Waals surface area contributed by atoms with Crippen molar-refractivity contribution in [3.63, 3.8) is 0 Å². The number of amides is 1. The lowest BCUT2D eigenvalue weighted by Crippen LogP contribution is -2.47. The van der Waals surface area contributed by atoms with Gasteiger partial charge in [-0.3, -0.25) is 4.79 Å². The van der Waals surface area contributed by atoms with Crippen molar-refractivity contribution in [2.45, 2.75) is 51.4 Å². The predicted molar refractivity (Wildman–Crippen MR) is 101 cm³/mol. The molecular weight excluding hydrogens is 326 g/mol. The number of hydrogen-bond acceptors (Lipinski definition) is 3. The van der Waals surface area contributed by atoms with E-state index in [2.05, 4.69) is 4.90 Å². The van der Waals surface area contributed by atoms with Crippen molar-refractivity contribution < 1.29 is 9.52 Å². The normalized spacial score (nSPS) is 27.9. The monoisotopic (exact) mass is 357 g/mol. The highest BCUT2D eigenvalue weighted by molar-refractivity contribution is 5.94. The maximum absolute atomic E-state index is 12.8. The fourth-order valence-electron chi connectivity index (χ4n) is 5.38. The van der Waals surface area contributed by atoms with Crippen LogP contribution in [0, 0.1) is 16.5 Å². The summed E-state index contributed by atoms with van der Waals surface area (Å²) in [6, 6.07) is 3.27. The van der Waals surface area contributed by atoms with Crippen LogP contribution < -0.4 is 4.73 Å². The number of nitrogens with zero attached hydrogens (tertiary/aromatic N) is 3. The molecule has 1 aromatic rings. The van der Waals surface area contributed by atoms with Crippen molar-refractivity contribution in [2.24, 2.45) is 11.3 Å². The van der Waals surface area contributed by atoms with Crippen molar-refractivity contribution >= 4 is 5.91 Å². The van der Waals surface area contributed by atoms with Gasteiger partial charge in [0.2, 0.25) is 0 Å². The molecule has 0 N–H and O–H groups in total. The van der Waals surface area contributed by atoms with E-state index in [0.29, 0.717) is 5.56 Å². The SMILES string of the molecule is O=C(c1cc[n+]([O-])cc1)N1CC[C@]2(CCCN(CC3CCCCC3)C2)C1. The Bertz CT molecular complexity index is 627. The minimum absolute atomic E-state index is 0.0758. The van der Waals surface area contributed by atoms with E-state index in [1.54, 1.807) is 12.1 Å². The molecule has 3 heterocycles. The van der Waals surface area contributed by atoms with Gasteiger partial charge < -0.3 is 15.0 Å². The zero-order chi connectivity index (χ0) is 18.0. The zero-order valence-electron chi connectivity index (χ0n) is 15.7. The van der Waals surface area contributed by atoms with Gasteiger partial charge in [0.15, 0.2) is 12.4 Å². The molecule has 4 rings (SSSR count).